The summed E-state index contributed by atoms with van der Waals surface area (Å²) in [5.41, 5.74) is 6.53. The minimum Gasteiger partial charge on any atom is -0.397 e. The van der Waals surface area contributed by atoms with Crippen LogP contribution in [-0.2, 0) is 17.1 Å². The van der Waals surface area contributed by atoms with Crippen molar-refractivity contribution in [2.75, 3.05) is 61.2 Å². The van der Waals surface area contributed by atoms with Crippen LogP contribution in [-0.4, -0.2) is 56.7 Å². The number of nitrogens with two attached hydrogens (primary N) is 1. The molecule has 0 aliphatic carbocycles. The molecule has 4 aromatic rings. The largest absolute Gasteiger partial charge is 0.416 e. The lowest BCUT2D eigenvalue weighted by Crippen LogP contribution is -2.35. The molecule has 0 saturated carbocycles. The summed E-state index contributed by atoms with van der Waals surface area (Å²) in [6, 6.07) is 17.1. The molecule has 1 amide bonds. The summed E-state index contributed by atoms with van der Waals surface area (Å²) in [5, 5.41) is 4.48. The Morgan fingerprint density at radius 1 is 0.619 bits per heavy atom. The van der Waals surface area contributed by atoms with Crippen molar-refractivity contribution in [1.82, 2.24) is 5.32 Å². The SMILES string of the molecule is COC.Nc1cc(C(F)(F)F)ccc1N1CCCCCCC1.O=C(Cl)c1ccc(F)cc1.O=C(NC(=S)Nc1cc(C(F)(F)F)ccc1N1CCCCCCC1)c1ccc(F)cc1. The fraction of sp³-hybridized carbons (Fsp3) is 0.400. The average molecular weight is 930 g/mol. The maximum Gasteiger partial charge on any atom is 0.416 e. The van der Waals surface area contributed by atoms with Gasteiger partial charge < -0.3 is 25.6 Å². The lowest BCUT2D eigenvalue weighted by molar-refractivity contribution is -0.138. The second-order valence-electron chi connectivity index (χ2n) is 14.6. The fourth-order valence-electron chi connectivity index (χ4n) is 6.59. The zero-order chi connectivity index (χ0) is 46.6. The third-order valence-electron chi connectivity index (χ3n) is 9.73. The first-order valence-corrected chi connectivity index (χ1v) is 21.0. The summed E-state index contributed by atoms with van der Waals surface area (Å²) in [5.74, 6) is -1.45. The highest BCUT2D eigenvalue weighted by molar-refractivity contribution is 7.80. The lowest BCUT2D eigenvalue weighted by atomic mass is 10.1. The van der Waals surface area contributed by atoms with Gasteiger partial charge in [-0.1, -0.05) is 38.5 Å². The lowest BCUT2D eigenvalue weighted by Gasteiger charge is -2.29. The Kier molecular flexibility index (Phi) is 21.6. The van der Waals surface area contributed by atoms with Crippen molar-refractivity contribution in [1.29, 1.82) is 0 Å². The zero-order valence-corrected chi connectivity index (χ0v) is 36.6. The van der Waals surface area contributed by atoms with Crippen molar-refractivity contribution in [3.05, 3.63) is 119 Å². The van der Waals surface area contributed by atoms with Crippen molar-refractivity contribution >= 4 is 62.8 Å². The van der Waals surface area contributed by atoms with E-state index in [1.54, 1.807) is 14.2 Å². The molecule has 6 rings (SSSR count). The van der Waals surface area contributed by atoms with Gasteiger partial charge in [0.05, 0.1) is 33.9 Å². The summed E-state index contributed by atoms with van der Waals surface area (Å²) in [4.78, 5) is 26.9. The first-order valence-electron chi connectivity index (χ1n) is 20.2. The molecule has 0 bridgehead atoms. The number of ether oxygens (including phenoxy) is 1. The van der Waals surface area contributed by atoms with Gasteiger partial charge in [0.2, 0.25) is 0 Å². The van der Waals surface area contributed by atoms with Crippen LogP contribution in [0.25, 0.3) is 0 Å². The van der Waals surface area contributed by atoms with Gasteiger partial charge in [-0.3, -0.25) is 14.9 Å². The molecule has 2 heterocycles. The van der Waals surface area contributed by atoms with Gasteiger partial charge in [0.25, 0.3) is 11.1 Å². The van der Waals surface area contributed by atoms with Gasteiger partial charge in [-0.2, -0.15) is 26.3 Å². The molecule has 8 nitrogen and oxygen atoms in total. The van der Waals surface area contributed by atoms with Gasteiger partial charge in [-0.05, 0) is 134 Å². The molecule has 18 heteroatoms. The molecule has 4 aromatic carbocycles. The van der Waals surface area contributed by atoms with Gasteiger partial charge >= 0.3 is 12.4 Å². The summed E-state index contributed by atoms with van der Waals surface area (Å²) in [6.07, 6.45) is 2.11. The number of benzene rings is 4. The Bertz CT molecular complexity index is 2040. The number of nitrogens with zero attached hydrogens (tertiary/aromatic N) is 2. The van der Waals surface area contributed by atoms with Gasteiger partial charge in [-0.15, -0.1) is 0 Å². The van der Waals surface area contributed by atoms with Crippen molar-refractivity contribution < 1.29 is 49.4 Å². The summed E-state index contributed by atoms with van der Waals surface area (Å²) in [7, 11) is 3.25. The summed E-state index contributed by atoms with van der Waals surface area (Å²) in [6.45, 7) is 3.20. The monoisotopic (exact) mass is 929 g/mol. The van der Waals surface area contributed by atoms with E-state index in [9.17, 15) is 44.7 Å². The van der Waals surface area contributed by atoms with Crippen LogP contribution in [0.1, 0.15) is 96.1 Å². The van der Waals surface area contributed by atoms with Crippen LogP contribution < -0.4 is 26.2 Å². The minimum atomic E-state index is -4.51. The van der Waals surface area contributed by atoms with E-state index >= 15 is 0 Å². The van der Waals surface area contributed by atoms with E-state index in [0.29, 0.717) is 11.3 Å². The average Bonchev–Trinajstić information content (AvgIpc) is 3.19. The number of thiocarbonyl (C=S) groups is 1. The predicted molar refractivity (Wildman–Crippen MR) is 237 cm³/mol. The Hall–Kier alpha value is -5.00. The molecule has 0 unspecified atom stereocenters. The van der Waals surface area contributed by atoms with E-state index in [4.69, 9.17) is 29.6 Å². The number of carbonyl (C=O) groups excluding carboxylic acids is 2. The van der Waals surface area contributed by atoms with Crippen molar-refractivity contribution in [3.63, 3.8) is 0 Å². The van der Waals surface area contributed by atoms with E-state index in [1.165, 1.54) is 67.8 Å². The van der Waals surface area contributed by atoms with Gasteiger partial charge in [0.1, 0.15) is 11.6 Å². The van der Waals surface area contributed by atoms with Gasteiger partial charge in [0.15, 0.2) is 5.11 Å². The normalized spacial score (nSPS) is 14.6. The van der Waals surface area contributed by atoms with E-state index in [0.717, 1.165) is 113 Å². The van der Waals surface area contributed by atoms with E-state index in [2.05, 4.69) is 20.3 Å². The highest BCUT2D eigenvalue weighted by Gasteiger charge is 2.32. The number of halogens is 9. The first-order chi connectivity index (χ1) is 29.8. The molecule has 0 spiro atoms. The quantitative estimate of drug-likeness (QED) is 0.0788. The van der Waals surface area contributed by atoms with Crippen LogP contribution in [0.15, 0.2) is 84.9 Å². The third kappa shape index (κ3) is 18.3. The fourth-order valence-corrected chi connectivity index (χ4v) is 6.92. The van der Waals surface area contributed by atoms with Crippen molar-refractivity contribution in [2.24, 2.45) is 0 Å². The van der Waals surface area contributed by atoms with Crippen LogP contribution in [0.3, 0.4) is 0 Å². The van der Waals surface area contributed by atoms with E-state index < -0.39 is 40.4 Å². The molecule has 2 fully saturated rings. The number of rotatable bonds is 5. The van der Waals surface area contributed by atoms with Crippen LogP contribution in [0.5, 0.6) is 0 Å². The number of alkyl halides is 6. The molecule has 63 heavy (non-hydrogen) atoms. The third-order valence-corrected chi connectivity index (χ3v) is 10.1. The molecular weight excluding hydrogens is 878 g/mol. The molecule has 0 aromatic heterocycles. The number of hydrogen-bond donors (Lipinski definition) is 3. The smallest absolute Gasteiger partial charge is 0.397 e. The molecule has 344 valence electrons. The van der Waals surface area contributed by atoms with Gasteiger partial charge in [-0.25, -0.2) is 8.78 Å². The van der Waals surface area contributed by atoms with Gasteiger partial charge in [0, 0.05) is 51.5 Å². The predicted octanol–water partition coefficient (Wildman–Crippen LogP) is 12.3. The highest BCUT2D eigenvalue weighted by Crippen LogP contribution is 2.37. The van der Waals surface area contributed by atoms with Crippen LogP contribution in [0.4, 0.5) is 57.9 Å². The van der Waals surface area contributed by atoms with Crippen LogP contribution >= 0.6 is 23.8 Å². The first kappa shape index (κ1) is 52.3. The van der Waals surface area contributed by atoms with E-state index in [-0.39, 0.29) is 27.9 Å². The number of anilines is 4. The minimum absolute atomic E-state index is 0.137. The Morgan fingerprint density at radius 2 is 1.00 bits per heavy atom. The molecule has 0 atom stereocenters. The zero-order valence-electron chi connectivity index (χ0n) is 35.0. The molecule has 2 aliphatic heterocycles. The summed E-state index contributed by atoms with van der Waals surface area (Å²) >= 11 is 10.3. The van der Waals surface area contributed by atoms with E-state index in [1.807, 2.05) is 4.90 Å². The topological polar surface area (TPSA) is 99.9 Å². The number of nitrogens with one attached hydrogen (secondary N) is 2. The number of nitrogen functional groups attached to an aromatic ring is 1. The maximum atomic E-state index is 13.3. The molecule has 2 aliphatic rings. The van der Waals surface area contributed by atoms with Crippen molar-refractivity contribution in [2.45, 2.75) is 76.6 Å². The van der Waals surface area contributed by atoms with Crippen LogP contribution in [0.2, 0.25) is 0 Å². The second kappa shape index (κ2) is 25.9. The molecule has 2 saturated heterocycles. The highest BCUT2D eigenvalue weighted by atomic mass is 35.5. The summed E-state index contributed by atoms with van der Waals surface area (Å²) < 4.78 is 107. The Balaban J connectivity index is 0.000000278. The molecular formula is C45H52ClF8N5O3S. The standard InChI is InChI=1S/C22H23F4N3OS.C14H19F3N2.C7H4ClFO.C2H6O/c23-17-9-6-15(7-10-17)20(30)28-21(31)27-18-14-16(22(24,25)26)8-11-19(18)29-12-4-2-1-3-5-13-29;15-14(16,17)11-6-7-13(12(18)10-11)19-8-4-2-1-3-5-9-19;8-7(10)5-1-3-6(9)4-2-5;1-3-2/h6-11,14H,1-5,12-13H2,(H2,27,28,30,31);6-7,10H,1-5,8-9,18H2;1-4H;1-2H3. The number of amides is 1. The Morgan fingerprint density at radius 3 is 1.41 bits per heavy atom. The number of carbonyl (C=O) groups is 2. The second-order valence-corrected chi connectivity index (χ2v) is 15.4. The molecule has 4 N–H and O–H groups in total. The number of methoxy groups -OCH3 is 1. The Labute approximate surface area is 373 Å². The van der Waals surface area contributed by atoms with Crippen molar-refractivity contribution in [3.8, 4) is 0 Å². The maximum absolute atomic E-state index is 13.3. The number of hydrogen-bond acceptors (Lipinski definition) is 7. The van der Waals surface area contributed by atoms with Crippen LogP contribution in [0, 0.1) is 11.6 Å². The molecule has 0 radical (unpaired) electrons.